The van der Waals surface area contributed by atoms with Gasteiger partial charge in [0.1, 0.15) is 4.88 Å². The van der Waals surface area contributed by atoms with Crippen molar-refractivity contribution in [2.75, 3.05) is 45.6 Å². The predicted octanol–water partition coefficient (Wildman–Crippen LogP) is 0.596. The van der Waals surface area contributed by atoms with E-state index in [2.05, 4.69) is 22.2 Å². The first-order valence-corrected chi connectivity index (χ1v) is 7.71. The largest absolute Gasteiger partial charge is 0.380 e. The average molecular weight is 298 g/mol. The van der Waals surface area contributed by atoms with Crippen LogP contribution in [0.4, 0.5) is 5.13 Å². The van der Waals surface area contributed by atoms with E-state index in [0.29, 0.717) is 35.5 Å². The van der Waals surface area contributed by atoms with Gasteiger partial charge < -0.3 is 20.7 Å². The Morgan fingerprint density at radius 2 is 2.45 bits per heavy atom. The Labute approximate surface area is 123 Å². The van der Waals surface area contributed by atoms with Gasteiger partial charge in [0.25, 0.3) is 5.91 Å². The number of rotatable bonds is 4. The smallest absolute Gasteiger partial charge is 0.263 e. The number of nitrogens with two attached hydrogens (primary N) is 1. The number of hydrogen-bond donors (Lipinski definition) is 2. The van der Waals surface area contributed by atoms with Crippen LogP contribution in [0.1, 0.15) is 22.3 Å². The summed E-state index contributed by atoms with van der Waals surface area (Å²) in [5.74, 6) is 0.241. The van der Waals surface area contributed by atoms with Crippen molar-refractivity contribution in [3.63, 3.8) is 0 Å². The van der Waals surface area contributed by atoms with Crippen molar-refractivity contribution in [3.8, 4) is 0 Å². The van der Waals surface area contributed by atoms with Crippen LogP contribution in [-0.4, -0.2) is 55.7 Å². The molecule has 1 aromatic rings. The molecule has 0 bridgehead atoms. The molecule has 3 N–H and O–H groups in total. The minimum atomic E-state index is -0.0806. The van der Waals surface area contributed by atoms with Gasteiger partial charge in [-0.3, -0.25) is 4.79 Å². The first kappa shape index (κ1) is 15.2. The number of carbonyl (C=O) groups excluding carboxylic acids is 1. The second-order valence-corrected chi connectivity index (χ2v) is 6.13. The van der Waals surface area contributed by atoms with Crippen LogP contribution < -0.4 is 11.1 Å². The number of likely N-dealkylation sites (N-methyl/N-ethyl adjacent to an activating group) is 1. The molecule has 0 aliphatic carbocycles. The van der Waals surface area contributed by atoms with Gasteiger partial charge in [-0.2, -0.15) is 0 Å². The number of nitrogens with one attached hydrogen (secondary N) is 1. The first-order valence-electron chi connectivity index (χ1n) is 6.89. The number of thiazole rings is 1. The summed E-state index contributed by atoms with van der Waals surface area (Å²) >= 11 is 1.25. The third-order valence-electron chi connectivity index (χ3n) is 3.35. The van der Waals surface area contributed by atoms with Gasteiger partial charge in [-0.1, -0.05) is 18.3 Å². The van der Waals surface area contributed by atoms with Crippen LogP contribution in [0.15, 0.2) is 0 Å². The number of aromatic nitrogens is 1. The fourth-order valence-corrected chi connectivity index (χ4v) is 3.12. The molecule has 0 spiro atoms. The number of amides is 1. The Morgan fingerprint density at radius 1 is 1.65 bits per heavy atom. The second kappa shape index (κ2) is 7.01. The molecular formula is C13H22N4O2S. The maximum atomic E-state index is 12.2. The number of nitrogen functional groups attached to an aromatic ring is 1. The topological polar surface area (TPSA) is 80.5 Å². The van der Waals surface area contributed by atoms with E-state index in [4.69, 9.17) is 10.5 Å². The Bertz CT molecular complexity index is 463. The molecule has 0 radical (unpaired) electrons. The fourth-order valence-electron chi connectivity index (χ4n) is 2.28. The predicted molar refractivity (Wildman–Crippen MR) is 80.0 cm³/mol. The summed E-state index contributed by atoms with van der Waals surface area (Å²) in [6.07, 6.45) is 0.714. The van der Waals surface area contributed by atoms with E-state index in [1.54, 1.807) is 0 Å². The highest BCUT2D eigenvalue weighted by molar-refractivity contribution is 7.17. The second-order valence-electron chi connectivity index (χ2n) is 5.09. The zero-order chi connectivity index (χ0) is 14.5. The van der Waals surface area contributed by atoms with Gasteiger partial charge in [0.15, 0.2) is 5.13 Å². The van der Waals surface area contributed by atoms with Crippen molar-refractivity contribution >= 4 is 22.4 Å². The Morgan fingerprint density at radius 3 is 3.20 bits per heavy atom. The lowest BCUT2D eigenvalue weighted by Crippen LogP contribution is -2.35. The summed E-state index contributed by atoms with van der Waals surface area (Å²) in [5.41, 5.74) is 6.45. The number of nitrogens with zero attached hydrogens (tertiary/aromatic N) is 2. The van der Waals surface area contributed by atoms with E-state index in [9.17, 15) is 4.79 Å². The maximum absolute atomic E-state index is 12.2. The molecule has 2 rings (SSSR count). The molecule has 1 aliphatic rings. The Balaban J connectivity index is 1.91. The van der Waals surface area contributed by atoms with Crippen LogP contribution in [0.2, 0.25) is 0 Å². The third-order valence-corrected chi connectivity index (χ3v) is 4.27. The van der Waals surface area contributed by atoms with Gasteiger partial charge in [-0.05, 0) is 13.5 Å². The van der Waals surface area contributed by atoms with Crippen molar-refractivity contribution in [2.45, 2.75) is 13.3 Å². The molecule has 1 aromatic heterocycles. The number of ether oxygens (including phenoxy) is 1. The minimum Gasteiger partial charge on any atom is -0.380 e. The first-order chi connectivity index (χ1) is 9.60. The molecule has 6 nitrogen and oxygen atoms in total. The van der Waals surface area contributed by atoms with Crippen LogP contribution in [0, 0.1) is 5.92 Å². The molecule has 7 heteroatoms. The highest BCUT2D eigenvalue weighted by atomic mass is 32.1. The van der Waals surface area contributed by atoms with Gasteiger partial charge >= 0.3 is 0 Å². The van der Waals surface area contributed by atoms with E-state index in [0.717, 1.165) is 25.4 Å². The quantitative estimate of drug-likeness (QED) is 0.850. The van der Waals surface area contributed by atoms with Gasteiger partial charge in [-0.15, -0.1) is 0 Å². The molecule has 1 unspecified atom stereocenters. The van der Waals surface area contributed by atoms with Crippen LogP contribution >= 0.6 is 11.3 Å². The summed E-state index contributed by atoms with van der Waals surface area (Å²) in [6.45, 7) is 5.91. The SMILES string of the molecule is CCc1nc(N)sc1C(=O)NCC1COCCN(C)C1. The highest BCUT2D eigenvalue weighted by Crippen LogP contribution is 2.20. The monoisotopic (exact) mass is 298 g/mol. The van der Waals surface area contributed by atoms with Crippen LogP contribution in [-0.2, 0) is 11.2 Å². The molecule has 1 saturated heterocycles. The third kappa shape index (κ3) is 3.91. The fraction of sp³-hybridized carbons (Fsp3) is 0.692. The van der Waals surface area contributed by atoms with Gasteiger partial charge in [0.2, 0.25) is 0 Å². The van der Waals surface area contributed by atoms with Crippen molar-refractivity contribution in [1.82, 2.24) is 15.2 Å². The average Bonchev–Trinajstić information content (AvgIpc) is 2.68. The molecule has 112 valence electrons. The number of aryl methyl sites for hydroxylation is 1. The van der Waals surface area contributed by atoms with Crippen molar-refractivity contribution in [3.05, 3.63) is 10.6 Å². The molecule has 1 atom stereocenters. The molecule has 1 fully saturated rings. The molecule has 2 heterocycles. The lowest BCUT2D eigenvalue weighted by atomic mass is 10.1. The van der Waals surface area contributed by atoms with Gasteiger partial charge in [-0.25, -0.2) is 4.98 Å². The standard InChI is InChI=1S/C13H22N4O2S/c1-3-10-11(20-13(14)16-10)12(18)15-6-9-7-17(2)4-5-19-8-9/h9H,3-8H2,1-2H3,(H2,14,16)(H,15,18). The summed E-state index contributed by atoms with van der Waals surface area (Å²) in [5, 5.41) is 3.42. The van der Waals surface area contributed by atoms with Crippen LogP contribution in [0.25, 0.3) is 0 Å². The molecule has 0 saturated carbocycles. The Kier molecular flexibility index (Phi) is 5.33. The molecular weight excluding hydrogens is 276 g/mol. The maximum Gasteiger partial charge on any atom is 0.263 e. The van der Waals surface area contributed by atoms with E-state index in [1.165, 1.54) is 11.3 Å². The van der Waals surface area contributed by atoms with Gasteiger partial charge in [0.05, 0.1) is 18.9 Å². The summed E-state index contributed by atoms with van der Waals surface area (Å²) in [6, 6.07) is 0. The van der Waals surface area contributed by atoms with Crippen LogP contribution in [0.3, 0.4) is 0 Å². The summed E-state index contributed by atoms with van der Waals surface area (Å²) in [4.78, 5) is 19.2. The molecule has 1 amide bonds. The lowest BCUT2D eigenvalue weighted by Gasteiger charge is -2.19. The van der Waals surface area contributed by atoms with Crippen LogP contribution in [0.5, 0.6) is 0 Å². The van der Waals surface area contributed by atoms with Gasteiger partial charge in [0, 0.05) is 25.6 Å². The van der Waals surface area contributed by atoms with Crippen molar-refractivity contribution in [1.29, 1.82) is 0 Å². The molecule has 20 heavy (non-hydrogen) atoms. The van der Waals surface area contributed by atoms with Crippen molar-refractivity contribution < 1.29 is 9.53 Å². The highest BCUT2D eigenvalue weighted by Gasteiger charge is 2.20. The van der Waals surface area contributed by atoms with Crippen molar-refractivity contribution in [2.24, 2.45) is 5.92 Å². The Hall–Kier alpha value is -1.18. The number of hydrogen-bond acceptors (Lipinski definition) is 6. The number of carbonyl (C=O) groups is 1. The normalized spacial score (nSPS) is 20.6. The lowest BCUT2D eigenvalue weighted by molar-refractivity contribution is 0.0924. The molecule has 0 aromatic carbocycles. The summed E-state index contributed by atoms with van der Waals surface area (Å²) < 4.78 is 5.54. The van der Waals surface area contributed by atoms with E-state index >= 15 is 0 Å². The number of anilines is 1. The van der Waals surface area contributed by atoms with E-state index < -0.39 is 0 Å². The van der Waals surface area contributed by atoms with E-state index in [1.807, 2.05) is 6.92 Å². The molecule has 1 aliphatic heterocycles. The van der Waals surface area contributed by atoms with E-state index in [-0.39, 0.29) is 5.91 Å². The summed E-state index contributed by atoms with van der Waals surface area (Å²) in [7, 11) is 2.07. The minimum absolute atomic E-state index is 0.0806. The zero-order valence-electron chi connectivity index (χ0n) is 12.0. The zero-order valence-corrected chi connectivity index (χ0v) is 12.8.